The number of rotatable bonds is 11. The van der Waals surface area contributed by atoms with Crippen LogP contribution in [0.15, 0.2) is 27.8 Å². The molecule has 32 heavy (non-hydrogen) atoms. The molecule has 3 aromatic rings. The van der Waals surface area contributed by atoms with Gasteiger partial charge in [-0.15, -0.1) is 0 Å². The van der Waals surface area contributed by atoms with E-state index in [1.165, 1.54) is 4.57 Å². The van der Waals surface area contributed by atoms with E-state index < -0.39 is 11.2 Å². The smallest absolute Gasteiger partial charge is 0.330 e. The molecule has 3 rings (SSSR count). The molecule has 9 nitrogen and oxygen atoms in total. The molecule has 0 aliphatic rings. The average molecular weight is 445 g/mol. The molecule has 0 saturated heterocycles. The number of hydrogen-bond donors (Lipinski definition) is 1. The maximum absolute atomic E-state index is 12.7. The molecule has 0 saturated carbocycles. The van der Waals surface area contributed by atoms with E-state index in [9.17, 15) is 9.59 Å². The van der Waals surface area contributed by atoms with Gasteiger partial charge < -0.3 is 18.8 Å². The molecule has 174 valence electrons. The molecule has 0 aliphatic carbocycles. The lowest BCUT2D eigenvalue weighted by atomic mass is 10.2. The van der Waals surface area contributed by atoms with Crippen LogP contribution >= 0.6 is 0 Å². The van der Waals surface area contributed by atoms with Crippen molar-refractivity contribution in [3.8, 4) is 22.9 Å². The van der Waals surface area contributed by atoms with E-state index in [0.29, 0.717) is 67.3 Å². The minimum absolute atomic E-state index is 0.350. The van der Waals surface area contributed by atoms with Crippen LogP contribution in [0.4, 0.5) is 0 Å². The van der Waals surface area contributed by atoms with Crippen LogP contribution in [-0.4, -0.2) is 46.0 Å². The van der Waals surface area contributed by atoms with Crippen molar-refractivity contribution < 1.29 is 14.2 Å². The quantitative estimate of drug-likeness (QED) is 0.488. The first-order valence-corrected chi connectivity index (χ1v) is 11.0. The van der Waals surface area contributed by atoms with E-state index in [2.05, 4.69) is 18.8 Å². The maximum atomic E-state index is 12.7. The molecule has 2 aromatic heterocycles. The fourth-order valence-electron chi connectivity index (χ4n) is 3.52. The normalized spacial score (nSPS) is 11.4. The highest BCUT2D eigenvalue weighted by atomic mass is 16.5. The molecule has 0 fully saturated rings. The third kappa shape index (κ3) is 4.88. The number of benzene rings is 1. The molecular weight excluding hydrogens is 412 g/mol. The summed E-state index contributed by atoms with van der Waals surface area (Å²) < 4.78 is 20.3. The van der Waals surface area contributed by atoms with Crippen molar-refractivity contribution in [2.75, 3.05) is 26.9 Å². The number of imidazole rings is 1. The Labute approximate surface area is 187 Å². The molecule has 0 unspecified atom stereocenters. The summed E-state index contributed by atoms with van der Waals surface area (Å²) in [5.41, 5.74) is 0.550. The summed E-state index contributed by atoms with van der Waals surface area (Å²) >= 11 is 0. The predicted molar refractivity (Wildman–Crippen MR) is 124 cm³/mol. The highest BCUT2D eigenvalue weighted by Crippen LogP contribution is 2.33. The lowest BCUT2D eigenvalue weighted by Gasteiger charge is -2.15. The van der Waals surface area contributed by atoms with Gasteiger partial charge in [0.05, 0.1) is 19.8 Å². The zero-order valence-corrected chi connectivity index (χ0v) is 19.4. The zero-order chi connectivity index (χ0) is 23.3. The Balaban J connectivity index is 2.21. The van der Waals surface area contributed by atoms with Crippen molar-refractivity contribution in [3.63, 3.8) is 0 Å². The van der Waals surface area contributed by atoms with Crippen molar-refractivity contribution in [1.82, 2.24) is 19.1 Å². The molecule has 0 amide bonds. The van der Waals surface area contributed by atoms with Crippen molar-refractivity contribution in [2.45, 2.75) is 47.2 Å². The van der Waals surface area contributed by atoms with E-state index >= 15 is 0 Å². The standard InChI is InChI=1S/C23H32N4O5/c1-6-10-27-21-19(22(28)25-23(27)29)26(11-12-30-5)20(24-21)16-8-9-17(32-14-15(3)4)18(13-16)31-7-2/h8-9,13,15H,6-7,10-12,14H2,1-5H3,(H,25,28,29). The van der Waals surface area contributed by atoms with Gasteiger partial charge in [-0.2, -0.15) is 0 Å². The Morgan fingerprint density at radius 3 is 2.50 bits per heavy atom. The second-order valence-electron chi connectivity index (χ2n) is 7.96. The number of aromatic amines is 1. The van der Waals surface area contributed by atoms with Gasteiger partial charge in [-0.05, 0) is 37.5 Å². The number of nitrogens with zero attached hydrogens (tertiary/aromatic N) is 3. The van der Waals surface area contributed by atoms with Crippen LogP contribution in [0, 0.1) is 5.92 Å². The molecule has 1 aromatic carbocycles. The summed E-state index contributed by atoms with van der Waals surface area (Å²) in [6.45, 7) is 10.4. The molecule has 1 N–H and O–H groups in total. The molecule has 0 bridgehead atoms. The van der Waals surface area contributed by atoms with Crippen LogP contribution in [0.25, 0.3) is 22.6 Å². The van der Waals surface area contributed by atoms with Gasteiger partial charge in [0.2, 0.25) is 0 Å². The molecule has 0 atom stereocenters. The number of methoxy groups -OCH3 is 1. The van der Waals surface area contributed by atoms with Gasteiger partial charge in [0.25, 0.3) is 5.56 Å². The van der Waals surface area contributed by atoms with Crippen LogP contribution < -0.4 is 20.7 Å². The minimum atomic E-state index is -0.464. The number of fused-ring (bicyclic) bond motifs is 1. The van der Waals surface area contributed by atoms with Gasteiger partial charge in [-0.1, -0.05) is 20.8 Å². The van der Waals surface area contributed by atoms with E-state index in [1.807, 2.05) is 32.0 Å². The monoisotopic (exact) mass is 444 g/mol. The first kappa shape index (κ1) is 23.6. The summed E-state index contributed by atoms with van der Waals surface area (Å²) in [4.78, 5) is 32.3. The van der Waals surface area contributed by atoms with E-state index in [0.717, 1.165) is 12.0 Å². The highest BCUT2D eigenvalue weighted by molar-refractivity contribution is 5.77. The first-order valence-electron chi connectivity index (χ1n) is 11.0. The fraction of sp³-hybridized carbons (Fsp3) is 0.522. The number of nitrogens with one attached hydrogen (secondary N) is 1. The van der Waals surface area contributed by atoms with Gasteiger partial charge in [-0.3, -0.25) is 14.3 Å². The SMILES string of the molecule is CCCn1c(=O)[nH]c(=O)c2c1nc(-c1ccc(OCC(C)C)c(OCC)c1)n2CCOC. The van der Waals surface area contributed by atoms with Gasteiger partial charge in [-0.25, -0.2) is 9.78 Å². The maximum Gasteiger partial charge on any atom is 0.330 e. The van der Waals surface area contributed by atoms with Crippen LogP contribution in [0.2, 0.25) is 0 Å². The Bertz CT molecular complexity index is 1180. The van der Waals surface area contributed by atoms with Crippen molar-refractivity contribution >= 4 is 11.2 Å². The Hall–Kier alpha value is -3.07. The first-order chi connectivity index (χ1) is 15.4. The molecule has 0 radical (unpaired) electrons. The minimum Gasteiger partial charge on any atom is -0.490 e. The second-order valence-corrected chi connectivity index (χ2v) is 7.96. The Morgan fingerprint density at radius 1 is 1.06 bits per heavy atom. The fourth-order valence-corrected chi connectivity index (χ4v) is 3.52. The Kier molecular flexibility index (Phi) is 7.74. The number of H-pyrrole nitrogens is 1. The molecule has 0 spiro atoms. The van der Waals surface area contributed by atoms with Crippen LogP contribution in [0.3, 0.4) is 0 Å². The van der Waals surface area contributed by atoms with E-state index in [-0.39, 0.29) is 0 Å². The summed E-state index contributed by atoms with van der Waals surface area (Å²) in [6.07, 6.45) is 0.734. The molecule has 9 heteroatoms. The zero-order valence-electron chi connectivity index (χ0n) is 19.4. The highest BCUT2D eigenvalue weighted by Gasteiger charge is 2.20. The van der Waals surface area contributed by atoms with Gasteiger partial charge in [0.15, 0.2) is 22.7 Å². The largest absolute Gasteiger partial charge is 0.490 e. The van der Waals surface area contributed by atoms with Crippen molar-refractivity contribution in [1.29, 1.82) is 0 Å². The third-order valence-electron chi connectivity index (χ3n) is 4.93. The summed E-state index contributed by atoms with van der Waals surface area (Å²) in [6, 6.07) is 5.60. The van der Waals surface area contributed by atoms with Gasteiger partial charge >= 0.3 is 5.69 Å². The number of aromatic nitrogens is 4. The predicted octanol–water partition coefficient (Wildman–Crippen LogP) is 3.04. The van der Waals surface area contributed by atoms with Gasteiger partial charge in [0.1, 0.15) is 5.82 Å². The summed E-state index contributed by atoms with van der Waals surface area (Å²) in [7, 11) is 1.60. The number of hydrogen-bond acceptors (Lipinski definition) is 6. The summed E-state index contributed by atoms with van der Waals surface area (Å²) in [5.74, 6) is 2.21. The van der Waals surface area contributed by atoms with Crippen molar-refractivity contribution in [3.05, 3.63) is 39.0 Å². The number of aryl methyl sites for hydroxylation is 1. The lowest BCUT2D eigenvalue weighted by Crippen LogP contribution is -2.31. The molecule has 0 aliphatic heterocycles. The number of ether oxygens (including phenoxy) is 3. The van der Waals surface area contributed by atoms with Gasteiger partial charge in [0, 0.05) is 25.8 Å². The van der Waals surface area contributed by atoms with E-state index in [4.69, 9.17) is 19.2 Å². The summed E-state index contributed by atoms with van der Waals surface area (Å²) in [5, 5.41) is 0. The van der Waals surface area contributed by atoms with Crippen LogP contribution in [0.5, 0.6) is 11.5 Å². The van der Waals surface area contributed by atoms with E-state index in [1.54, 1.807) is 11.7 Å². The Morgan fingerprint density at radius 2 is 1.84 bits per heavy atom. The van der Waals surface area contributed by atoms with Crippen LogP contribution in [0.1, 0.15) is 34.1 Å². The lowest BCUT2D eigenvalue weighted by molar-refractivity contribution is 0.188. The second kappa shape index (κ2) is 10.5. The van der Waals surface area contributed by atoms with Crippen molar-refractivity contribution in [2.24, 2.45) is 5.92 Å². The third-order valence-corrected chi connectivity index (χ3v) is 4.93. The van der Waals surface area contributed by atoms with Crippen LogP contribution in [-0.2, 0) is 17.8 Å². The topological polar surface area (TPSA) is 100 Å². The molecular formula is C23H32N4O5. The molecule has 2 heterocycles. The average Bonchev–Trinajstić information content (AvgIpc) is 3.14.